The van der Waals surface area contributed by atoms with Gasteiger partial charge in [0.05, 0.1) is 12.7 Å². The molecule has 3 atom stereocenters. The van der Waals surface area contributed by atoms with E-state index in [0.717, 1.165) is 13.0 Å². The first-order chi connectivity index (χ1) is 7.68. The fourth-order valence-electron chi connectivity index (χ4n) is 1.93. The van der Waals surface area contributed by atoms with Crippen LogP contribution in [0.2, 0.25) is 0 Å². The van der Waals surface area contributed by atoms with Crippen molar-refractivity contribution in [1.29, 1.82) is 0 Å². The zero-order valence-electron chi connectivity index (χ0n) is 9.81. The van der Waals surface area contributed by atoms with E-state index in [0.29, 0.717) is 6.61 Å². The predicted molar refractivity (Wildman–Crippen MR) is 65.8 cm³/mol. The van der Waals surface area contributed by atoms with Gasteiger partial charge in [-0.05, 0) is 37.3 Å². The predicted octanol–water partition coefficient (Wildman–Crippen LogP) is 2.25. The van der Waals surface area contributed by atoms with Crippen molar-refractivity contribution in [2.24, 2.45) is 5.73 Å². The molecule has 0 aliphatic carbocycles. The maximum absolute atomic E-state index is 6.06. The molecular formula is C12H19NO2S. The van der Waals surface area contributed by atoms with Gasteiger partial charge in [0, 0.05) is 17.5 Å². The Hall–Kier alpha value is -0.420. The molecule has 2 N–H and O–H groups in total. The number of thiophene rings is 1. The molecule has 0 aromatic carbocycles. The summed E-state index contributed by atoms with van der Waals surface area (Å²) in [7, 11) is 0. The summed E-state index contributed by atoms with van der Waals surface area (Å²) in [6.07, 6.45) is 1.19. The molecule has 1 aliphatic rings. The minimum Gasteiger partial charge on any atom is -0.379 e. The number of hydrogen-bond donors (Lipinski definition) is 1. The number of rotatable bonds is 4. The fraction of sp³-hybridized carbons (Fsp3) is 0.667. The number of nitrogens with two attached hydrogens (primary N) is 1. The Kier molecular flexibility index (Phi) is 3.97. The Bertz CT molecular complexity index is 332. The van der Waals surface area contributed by atoms with Crippen molar-refractivity contribution in [3.8, 4) is 0 Å². The van der Waals surface area contributed by atoms with Gasteiger partial charge in [-0.25, -0.2) is 0 Å². The number of aryl methyl sites for hydroxylation is 1. The summed E-state index contributed by atoms with van der Waals surface area (Å²) < 4.78 is 11.4. The molecule has 0 bridgehead atoms. The van der Waals surface area contributed by atoms with Crippen LogP contribution in [0.4, 0.5) is 0 Å². The molecule has 2 heterocycles. The summed E-state index contributed by atoms with van der Waals surface area (Å²) in [5.74, 6) is 0. The lowest BCUT2D eigenvalue weighted by atomic mass is 10.1. The van der Waals surface area contributed by atoms with Crippen molar-refractivity contribution in [3.63, 3.8) is 0 Å². The lowest BCUT2D eigenvalue weighted by molar-refractivity contribution is -0.0254. The zero-order valence-corrected chi connectivity index (χ0v) is 10.6. The van der Waals surface area contributed by atoms with E-state index in [9.17, 15) is 0 Å². The van der Waals surface area contributed by atoms with E-state index in [1.807, 2.05) is 6.92 Å². The van der Waals surface area contributed by atoms with Crippen LogP contribution in [0.3, 0.4) is 0 Å². The van der Waals surface area contributed by atoms with Crippen molar-refractivity contribution < 1.29 is 9.47 Å². The molecule has 4 heteroatoms. The quantitative estimate of drug-likeness (QED) is 0.879. The van der Waals surface area contributed by atoms with E-state index in [2.05, 4.69) is 18.4 Å². The molecule has 2 rings (SSSR count). The van der Waals surface area contributed by atoms with E-state index in [-0.39, 0.29) is 18.2 Å². The third-order valence-corrected chi connectivity index (χ3v) is 3.95. The van der Waals surface area contributed by atoms with Gasteiger partial charge in [-0.3, -0.25) is 0 Å². The van der Waals surface area contributed by atoms with Crippen LogP contribution in [0.25, 0.3) is 0 Å². The van der Waals surface area contributed by atoms with Gasteiger partial charge in [-0.2, -0.15) is 0 Å². The van der Waals surface area contributed by atoms with Gasteiger partial charge >= 0.3 is 0 Å². The Morgan fingerprint density at radius 1 is 1.62 bits per heavy atom. The summed E-state index contributed by atoms with van der Waals surface area (Å²) in [5, 5.41) is 2.09. The summed E-state index contributed by atoms with van der Waals surface area (Å²) in [6.45, 7) is 5.61. The molecule has 1 aromatic rings. The first-order valence-corrected chi connectivity index (χ1v) is 6.59. The van der Waals surface area contributed by atoms with Crippen molar-refractivity contribution in [2.75, 3.05) is 13.2 Å². The van der Waals surface area contributed by atoms with Gasteiger partial charge in [0.15, 0.2) is 0 Å². The first kappa shape index (κ1) is 12.0. The molecule has 1 fully saturated rings. The molecule has 90 valence electrons. The minimum absolute atomic E-state index is 0.00620. The SMILES string of the molecule is Cc1ccsc1C(OC1CCOC1)C(C)N. The second-order valence-electron chi connectivity index (χ2n) is 4.37. The molecule has 0 saturated carbocycles. The highest BCUT2D eigenvalue weighted by Gasteiger charge is 2.26. The molecule has 1 saturated heterocycles. The van der Waals surface area contributed by atoms with Crippen LogP contribution < -0.4 is 5.73 Å². The Labute approximate surface area is 101 Å². The standard InChI is InChI=1S/C12H19NO2S/c1-8-4-6-16-12(8)11(9(2)13)15-10-3-5-14-7-10/h4,6,9-11H,3,5,7,13H2,1-2H3. The normalized spacial score (nSPS) is 24.6. The smallest absolute Gasteiger partial charge is 0.107 e. The van der Waals surface area contributed by atoms with E-state index < -0.39 is 0 Å². The molecule has 0 radical (unpaired) electrons. The van der Waals surface area contributed by atoms with Crippen molar-refractivity contribution in [1.82, 2.24) is 0 Å². The summed E-state index contributed by atoms with van der Waals surface area (Å²) in [4.78, 5) is 1.25. The van der Waals surface area contributed by atoms with Crippen LogP contribution >= 0.6 is 11.3 Å². The third kappa shape index (κ3) is 2.63. The maximum atomic E-state index is 6.06. The van der Waals surface area contributed by atoms with Crippen molar-refractivity contribution >= 4 is 11.3 Å². The van der Waals surface area contributed by atoms with Gasteiger partial charge in [0.2, 0.25) is 0 Å². The fourth-order valence-corrected chi connectivity index (χ4v) is 3.01. The van der Waals surface area contributed by atoms with Gasteiger partial charge in [0.25, 0.3) is 0 Å². The van der Waals surface area contributed by atoms with Gasteiger partial charge in [-0.1, -0.05) is 0 Å². The second kappa shape index (κ2) is 5.27. The highest BCUT2D eigenvalue weighted by atomic mass is 32.1. The van der Waals surface area contributed by atoms with Crippen LogP contribution in [0.15, 0.2) is 11.4 Å². The largest absolute Gasteiger partial charge is 0.379 e. The minimum atomic E-state index is 0.00620. The molecule has 0 spiro atoms. The zero-order chi connectivity index (χ0) is 11.5. The Morgan fingerprint density at radius 2 is 2.44 bits per heavy atom. The molecule has 1 aromatic heterocycles. The molecule has 1 aliphatic heterocycles. The van der Waals surface area contributed by atoms with Gasteiger partial charge in [0.1, 0.15) is 6.10 Å². The van der Waals surface area contributed by atoms with E-state index in [4.69, 9.17) is 15.2 Å². The highest BCUT2D eigenvalue weighted by molar-refractivity contribution is 7.10. The number of hydrogen-bond acceptors (Lipinski definition) is 4. The van der Waals surface area contributed by atoms with E-state index in [1.165, 1.54) is 10.4 Å². The molecule has 0 amide bonds. The summed E-state index contributed by atoms with van der Waals surface area (Å²) in [5.41, 5.74) is 7.29. The van der Waals surface area contributed by atoms with E-state index >= 15 is 0 Å². The molecule has 16 heavy (non-hydrogen) atoms. The van der Waals surface area contributed by atoms with Crippen LogP contribution in [0, 0.1) is 6.92 Å². The average Bonchev–Trinajstić information content (AvgIpc) is 2.85. The molecule has 3 nitrogen and oxygen atoms in total. The van der Waals surface area contributed by atoms with Crippen molar-refractivity contribution in [3.05, 3.63) is 21.9 Å². The van der Waals surface area contributed by atoms with Gasteiger partial charge < -0.3 is 15.2 Å². The first-order valence-electron chi connectivity index (χ1n) is 5.71. The van der Waals surface area contributed by atoms with Gasteiger partial charge in [-0.15, -0.1) is 11.3 Å². The van der Waals surface area contributed by atoms with Crippen molar-refractivity contribution in [2.45, 2.75) is 38.5 Å². The summed E-state index contributed by atoms with van der Waals surface area (Å²) >= 11 is 1.72. The number of ether oxygens (including phenoxy) is 2. The topological polar surface area (TPSA) is 44.5 Å². The van der Waals surface area contributed by atoms with Crippen LogP contribution in [-0.2, 0) is 9.47 Å². The average molecular weight is 241 g/mol. The Morgan fingerprint density at radius 3 is 2.94 bits per heavy atom. The summed E-state index contributed by atoms with van der Waals surface area (Å²) in [6, 6.07) is 2.13. The highest BCUT2D eigenvalue weighted by Crippen LogP contribution is 2.31. The van der Waals surface area contributed by atoms with E-state index in [1.54, 1.807) is 11.3 Å². The lowest BCUT2D eigenvalue weighted by Crippen LogP contribution is -2.30. The molecule has 3 unspecified atom stereocenters. The lowest BCUT2D eigenvalue weighted by Gasteiger charge is -2.24. The van der Waals surface area contributed by atoms with Crippen LogP contribution in [0.1, 0.15) is 29.9 Å². The van der Waals surface area contributed by atoms with Crippen LogP contribution in [0.5, 0.6) is 0 Å². The second-order valence-corrected chi connectivity index (χ2v) is 5.32. The maximum Gasteiger partial charge on any atom is 0.107 e. The Balaban J connectivity index is 2.08. The molecular weight excluding hydrogens is 222 g/mol. The monoisotopic (exact) mass is 241 g/mol. The van der Waals surface area contributed by atoms with Crippen LogP contribution in [-0.4, -0.2) is 25.4 Å². The third-order valence-electron chi connectivity index (χ3n) is 2.86.